The van der Waals surface area contributed by atoms with Crippen molar-refractivity contribution in [2.45, 2.75) is 33.7 Å². The van der Waals surface area contributed by atoms with Crippen LogP contribution in [0.2, 0.25) is 0 Å². The number of carboxylic acids is 1. The Kier molecular flexibility index (Phi) is 3.93. The van der Waals surface area contributed by atoms with Gasteiger partial charge in [0.2, 0.25) is 0 Å². The van der Waals surface area contributed by atoms with Crippen LogP contribution in [0, 0.1) is 13.8 Å². The maximum Gasteiger partial charge on any atom is 0.326 e. The van der Waals surface area contributed by atoms with Crippen LogP contribution in [0.25, 0.3) is 0 Å². The maximum absolute atomic E-state index is 11.0. The summed E-state index contributed by atoms with van der Waals surface area (Å²) in [6.07, 6.45) is 0. The molecule has 0 saturated heterocycles. The van der Waals surface area contributed by atoms with Crippen molar-refractivity contribution in [1.29, 1.82) is 0 Å². The van der Waals surface area contributed by atoms with Crippen molar-refractivity contribution in [2.24, 2.45) is 0 Å². The number of nitrogens with zero attached hydrogens (tertiary/aromatic N) is 1. The molecule has 1 rings (SSSR count). The number of carboxylic acid groups (broad SMARTS) is 1. The highest BCUT2D eigenvalue weighted by Crippen LogP contribution is 2.20. The molecule has 0 fully saturated rings. The van der Waals surface area contributed by atoms with Gasteiger partial charge < -0.3 is 10.0 Å². The summed E-state index contributed by atoms with van der Waals surface area (Å²) < 4.78 is 0. The molecule has 0 aromatic heterocycles. The standard InChI is InChI=1S/C13H19NO2/c1-5-14(11(4)13(15)16)12-7-6-9(2)10(3)8-12/h6-8,11H,5H2,1-4H3,(H,15,16)/t11-/m1/s1. The molecule has 0 saturated carbocycles. The predicted octanol–water partition coefficient (Wildman–Crippen LogP) is 2.60. The fourth-order valence-electron chi connectivity index (χ4n) is 1.72. The number of hydrogen-bond acceptors (Lipinski definition) is 2. The van der Waals surface area contributed by atoms with E-state index in [0.29, 0.717) is 6.54 Å². The Labute approximate surface area is 96.7 Å². The molecule has 1 aromatic carbocycles. The van der Waals surface area contributed by atoms with Crippen LogP contribution in [0.3, 0.4) is 0 Å². The molecule has 1 N–H and O–H groups in total. The zero-order chi connectivity index (χ0) is 12.3. The van der Waals surface area contributed by atoms with E-state index < -0.39 is 12.0 Å². The number of likely N-dealkylation sites (N-methyl/N-ethyl adjacent to an activating group) is 1. The van der Waals surface area contributed by atoms with E-state index >= 15 is 0 Å². The molecule has 0 unspecified atom stereocenters. The molecule has 3 nitrogen and oxygen atoms in total. The number of rotatable bonds is 4. The van der Waals surface area contributed by atoms with Crippen molar-refractivity contribution >= 4 is 11.7 Å². The fraction of sp³-hybridized carbons (Fsp3) is 0.462. The van der Waals surface area contributed by atoms with Gasteiger partial charge in [0.15, 0.2) is 0 Å². The van der Waals surface area contributed by atoms with E-state index in [4.69, 9.17) is 5.11 Å². The Hall–Kier alpha value is -1.51. The Morgan fingerprint density at radius 1 is 1.38 bits per heavy atom. The van der Waals surface area contributed by atoms with Gasteiger partial charge in [-0.15, -0.1) is 0 Å². The van der Waals surface area contributed by atoms with E-state index in [9.17, 15) is 4.79 Å². The van der Waals surface area contributed by atoms with Gasteiger partial charge in [0, 0.05) is 12.2 Å². The molecule has 1 aromatic rings. The van der Waals surface area contributed by atoms with E-state index in [-0.39, 0.29) is 0 Å². The molecule has 0 spiro atoms. The van der Waals surface area contributed by atoms with Gasteiger partial charge in [-0.3, -0.25) is 0 Å². The van der Waals surface area contributed by atoms with E-state index in [1.165, 1.54) is 11.1 Å². The average molecular weight is 221 g/mol. The lowest BCUT2D eigenvalue weighted by Crippen LogP contribution is -2.38. The van der Waals surface area contributed by atoms with E-state index in [0.717, 1.165) is 5.69 Å². The summed E-state index contributed by atoms with van der Waals surface area (Å²) in [5.41, 5.74) is 3.39. The first-order chi connectivity index (χ1) is 7.47. The molecule has 1 atom stereocenters. The molecule has 0 bridgehead atoms. The smallest absolute Gasteiger partial charge is 0.326 e. The fourth-order valence-corrected chi connectivity index (χ4v) is 1.72. The Morgan fingerprint density at radius 2 is 2.00 bits per heavy atom. The quantitative estimate of drug-likeness (QED) is 0.849. The first-order valence-electron chi connectivity index (χ1n) is 5.54. The van der Waals surface area contributed by atoms with Crippen LogP contribution in [-0.4, -0.2) is 23.7 Å². The van der Waals surface area contributed by atoms with Crippen molar-refractivity contribution < 1.29 is 9.90 Å². The minimum Gasteiger partial charge on any atom is -0.480 e. The molecule has 16 heavy (non-hydrogen) atoms. The summed E-state index contributed by atoms with van der Waals surface area (Å²) in [5, 5.41) is 9.03. The van der Waals surface area contributed by atoms with E-state index in [2.05, 4.69) is 6.92 Å². The summed E-state index contributed by atoms with van der Waals surface area (Å²) in [4.78, 5) is 12.9. The highest BCUT2D eigenvalue weighted by atomic mass is 16.4. The minimum absolute atomic E-state index is 0.493. The molecule has 0 aliphatic rings. The van der Waals surface area contributed by atoms with Crippen molar-refractivity contribution in [3.63, 3.8) is 0 Å². The van der Waals surface area contributed by atoms with Gasteiger partial charge in [0.25, 0.3) is 0 Å². The average Bonchev–Trinajstić information content (AvgIpc) is 2.24. The predicted molar refractivity (Wildman–Crippen MR) is 66.0 cm³/mol. The summed E-state index contributed by atoms with van der Waals surface area (Å²) in [6.45, 7) is 8.46. The largest absolute Gasteiger partial charge is 0.480 e. The van der Waals surface area contributed by atoms with Crippen LogP contribution in [0.15, 0.2) is 18.2 Å². The number of benzene rings is 1. The van der Waals surface area contributed by atoms with Gasteiger partial charge in [0.05, 0.1) is 0 Å². The second-order valence-electron chi connectivity index (χ2n) is 4.07. The summed E-state index contributed by atoms with van der Waals surface area (Å²) >= 11 is 0. The molecule has 3 heteroatoms. The topological polar surface area (TPSA) is 40.5 Å². The van der Waals surface area contributed by atoms with Gasteiger partial charge in [-0.25, -0.2) is 4.79 Å². The normalized spacial score (nSPS) is 12.2. The first kappa shape index (κ1) is 12.6. The number of hydrogen-bond donors (Lipinski definition) is 1. The SMILES string of the molecule is CCN(c1ccc(C)c(C)c1)[C@H](C)C(=O)O. The molecule has 0 amide bonds. The van der Waals surface area contributed by atoms with Crippen LogP contribution in [0.4, 0.5) is 5.69 Å². The monoisotopic (exact) mass is 221 g/mol. The van der Waals surface area contributed by atoms with Crippen LogP contribution in [-0.2, 0) is 4.79 Å². The number of aliphatic carboxylic acids is 1. The molecular formula is C13H19NO2. The molecular weight excluding hydrogens is 202 g/mol. The maximum atomic E-state index is 11.0. The summed E-state index contributed by atoms with van der Waals surface area (Å²) in [7, 11) is 0. The Bertz CT molecular complexity index is 388. The van der Waals surface area contributed by atoms with Crippen LogP contribution >= 0.6 is 0 Å². The summed E-state index contributed by atoms with van der Waals surface area (Å²) in [5.74, 6) is -0.792. The van der Waals surface area contributed by atoms with Crippen molar-refractivity contribution in [1.82, 2.24) is 0 Å². The lowest BCUT2D eigenvalue weighted by molar-refractivity contribution is -0.138. The van der Waals surface area contributed by atoms with Crippen molar-refractivity contribution in [3.8, 4) is 0 Å². The van der Waals surface area contributed by atoms with E-state index in [1.807, 2.05) is 36.9 Å². The highest BCUT2D eigenvalue weighted by Gasteiger charge is 2.19. The third-order valence-corrected chi connectivity index (χ3v) is 2.99. The minimum atomic E-state index is -0.792. The van der Waals surface area contributed by atoms with Crippen molar-refractivity contribution in [2.75, 3.05) is 11.4 Å². The van der Waals surface area contributed by atoms with Gasteiger partial charge in [-0.2, -0.15) is 0 Å². The molecule has 0 radical (unpaired) electrons. The third kappa shape index (κ3) is 2.54. The lowest BCUT2D eigenvalue weighted by atomic mass is 10.1. The molecule has 0 heterocycles. The first-order valence-corrected chi connectivity index (χ1v) is 5.54. The van der Waals surface area contributed by atoms with E-state index in [1.54, 1.807) is 6.92 Å². The number of carbonyl (C=O) groups is 1. The lowest BCUT2D eigenvalue weighted by Gasteiger charge is -2.27. The van der Waals surface area contributed by atoms with Gasteiger partial charge in [-0.1, -0.05) is 6.07 Å². The Morgan fingerprint density at radius 3 is 2.44 bits per heavy atom. The molecule has 88 valence electrons. The van der Waals surface area contributed by atoms with Crippen LogP contribution in [0.5, 0.6) is 0 Å². The molecule has 0 aliphatic carbocycles. The van der Waals surface area contributed by atoms with Gasteiger partial charge >= 0.3 is 5.97 Å². The van der Waals surface area contributed by atoms with Gasteiger partial charge in [0.1, 0.15) is 6.04 Å². The van der Waals surface area contributed by atoms with Crippen molar-refractivity contribution in [3.05, 3.63) is 29.3 Å². The van der Waals surface area contributed by atoms with Crippen LogP contribution < -0.4 is 4.90 Å². The third-order valence-electron chi connectivity index (χ3n) is 2.99. The second-order valence-corrected chi connectivity index (χ2v) is 4.07. The van der Waals surface area contributed by atoms with Crippen LogP contribution in [0.1, 0.15) is 25.0 Å². The molecule has 0 aliphatic heterocycles. The second kappa shape index (κ2) is 5.01. The number of anilines is 1. The zero-order valence-electron chi connectivity index (χ0n) is 10.3. The Balaban J connectivity index is 3.04. The van der Waals surface area contributed by atoms with Gasteiger partial charge in [-0.05, 0) is 51.0 Å². The highest BCUT2D eigenvalue weighted by molar-refractivity contribution is 5.77. The summed E-state index contributed by atoms with van der Waals surface area (Å²) in [6, 6.07) is 5.55. The number of aryl methyl sites for hydroxylation is 2. The zero-order valence-corrected chi connectivity index (χ0v) is 10.3.